The van der Waals surface area contributed by atoms with Crippen LogP contribution in [0.15, 0.2) is 29.6 Å². The fourth-order valence-electron chi connectivity index (χ4n) is 2.80. The second kappa shape index (κ2) is 8.30. The number of amides is 3. The van der Waals surface area contributed by atoms with E-state index in [0.717, 1.165) is 12.0 Å². The van der Waals surface area contributed by atoms with Crippen molar-refractivity contribution in [3.8, 4) is 0 Å². The van der Waals surface area contributed by atoms with Crippen LogP contribution in [0.3, 0.4) is 0 Å². The highest BCUT2D eigenvalue weighted by Gasteiger charge is 2.24. The first-order valence-electron chi connectivity index (χ1n) is 8.76. The van der Waals surface area contributed by atoms with Crippen LogP contribution in [0.1, 0.15) is 34.5 Å². The number of carbonyl (C=O) groups is 3. The molecular formula is C19H22N4O3S. The van der Waals surface area contributed by atoms with Crippen molar-refractivity contribution in [2.75, 3.05) is 25.5 Å². The van der Waals surface area contributed by atoms with Gasteiger partial charge in [0, 0.05) is 44.5 Å². The van der Waals surface area contributed by atoms with E-state index in [1.807, 2.05) is 17.5 Å². The number of benzene rings is 1. The van der Waals surface area contributed by atoms with Crippen LogP contribution in [-0.4, -0.2) is 48.2 Å². The maximum absolute atomic E-state index is 12.2. The molecule has 1 aromatic carbocycles. The third kappa shape index (κ3) is 4.71. The second-order valence-corrected chi connectivity index (χ2v) is 7.46. The SMILES string of the molecule is CN(C)C(=O)c1ccc(CNC(=O)Cc2csc(N3CCCC3=O)n2)cc1. The Kier molecular flexibility index (Phi) is 5.85. The maximum atomic E-state index is 12.2. The molecule has 1 fully saturated rings. The summed E-state index contributed by atoms with van der Waals surface area (Å²) in [5.41, 5.74) is 2.20. The van der Waals surface area contributed by atoms with Crippen molar-refractivity contribution >= 4 is 34.2 Å². The van der Waals surface area contributed by atoms with Crippen molar-refractivity contribution in [3.05, 3.63) is 46.5 Å². The maximum Gasteiger partial charge on any atom is 0.253 e. The Labute approximate surface area is 162 Å². The highest BCUT2D eigenvalue weighted by Crippen LogP contribution is 2.25. The van der Waals surface area contributed by atoms with Crippen LogP contribution < -0.4 is 10.2 Å². The van der Waals surface area contributed by atoms with Crippen LogP contribution >= 0.6 is 11.3 Å². The summed E-state index contributed by atoms with van der Waals surface area (Å²) in [7, 11) is 3.42. The van der Waals surface area contributed by atoms with Gasteiger partial charge in [0.05, 0.1) is 12.1 Å². The summed E-state index contributed by atoms with van der Waals surface area (Å²) in [6.07, 6.45) is 1.59. The van der Waals surface area contributed by atoms with Crippen molar-refractivity contribution in [2.24, 2.45) is 0 Å². The van der Waals surface area contributed by atoms with E-state index in [4.69, 9.17) is 0 Å². The molecule has 1 aliphatic heterocycles. The fraction of sp³-hybridized carbons (Fsp3) is 0.368. The lowest BCUT2D eigenvalue weighted by Gasteiger charge is -2.11. The van der Waals surface area contributed by atoms with Gasteiger partial charge in [-0.05, 0) is 24.1 Å². The molecule has 3 rings (SSSR count). The molecule has 0 bridgehead atoms. The Balaban J connectivity index is 1.50. The van der Waals surface area contributed by atoms with Gasteiger partial charge in [-0.3, -0.25) is 19.3 Å². The van der Waals surface area contributed by atoms with Gasteiger partial charge >= 0.3 is 0 Å². The van der Waals surface area contributed by atoms with Gasteiger partial charge in [-0.25, -0.2) is 4.98 Å². The van der Waals surface area contributed by atoms with Gasteiger partial charge in [0.15, 0.2) is 5.13 Å². The van der Waals surface area contributed by atoms with Crippen molar-refractivity contribution in [3.63, 3.8) is 0 Å². The summed E-state index contributed by atoms with van der Waals surface area (Å²) in [5, 5.41) is 5.35. The molecule has 1 N–H and O–H groups in total. The molecule has 7 nitrogen and oxygen atoms in total. The lowest BCUT2D eigenvalue weighted by molar-refractivity contribution is -0.120. The smallest absolute Gasteiger partial charge is 0.253 e. The minimum atomic E-state index is -0.131. The fourth-order valence-corrected chi connectivity index (χ4v) is 3.67. The zero-order valence-corrected chi connectivity index (χ0v) is 16.2. The van der Waals surface area contributed by atoms with Gasteiger partial charge in [0.1, 0.15) is 0 Å². The number of carbonyl (C=O) groups excluding carboxylic acids is 3. The normalized spacial score (nSPS) is 13.7. The molecular weight excluding hydrogens is 364 g/mol. The average molecular weight is 386 g/mol. The van der Waals surface area contributed by atoms with Crippen LogP contribution in [0.2, 0.25) is 0 Å². The Hall–Kier alpha value is -2.74. The van der Waals surface area contributed by atoms with E-state index in [0.29, 0.717) is 35.9 Å². The number of hydrogen-bond acceptors (Lipinski definition) is 5. The Morgan fingerprint density at radius 2 is 2.00 bits per heavy atom. The Morgan fingerprint density at radius 3 is 2.63 bits per heavy atom. The number of anilines is 1. The molecule has 0 saturated carbocycles. The zero-order valence-electron chi connectivity index (χ0n) is 15.4. The van der Waals surface area contributed by atoms with Gasteiger partial charge in [-0.15, -0.1) is 11.3 Å². The minimum Gasteiger partial charge on any atom is -0.352 e. The second-order valence-electron chi connectivity index (χ2n) is 6.62. The predicted molar refractivity (Wildman–Crippen MR) is 104 cm³/mol. The highest BCUT2D eigenvalue weighted by atomic mass is 32.1. The van der Waals surface area contributed by atoms with E-state index in [9.17, 15) is 14.4 Å². The number of nitrogens with one attached hydrogen (secondary N) is 1. The minimum absolute atomic E-state index is 0.0543. The van der Waals surface area contributed by atoms with Gasteiger partial charge in [0.25, 0.3) is 5.91 Å². The third-order valence-electron chi connectivity index (χ3n) is 4.28. The molecule has 2 aromatic rings. The van der Waals surface area contributed by atoms with Crippen LogP contribution in [0, 0.1) is 0 Å². The molecule has 3 amide bonds. The lowest BCUT2D eigenvalue weighted by Crippen LogP contribution is -2.25. The molecule has 1 aromatic heterocycles. The molecule has 0 atom stereocenters. The summed E-state index contributed by atoms with van der Waals surface area (Å²) in [4.78, 5) is 43.4. The zero-order chi connectivity index (χ0) is 19.4. The highest BCUT2D eigenvalue weighted by molar-refractivity contribution is 7.14. The summed E-state index contributed by atoms with van der Waals surface area (Å²) in [5.74, 6) is -0.0917. The quantitative estimate of drug-likeness (QED) is 0.821. The molecule has 0 unspecified atom stereocenters. The van der Waals surface area contributed by atoms with E-state index < -0.39 is 0 Å². The monoisotopic (exact) mass is 386 g/mol. The van der Waals surface area contributed by atoms with Gasteiger partial charge < -0.3 is 10.2 Å². The number of aromatic nitrogens is 1. The number of thiazole rings is 1. The van der Waals surface area contributed by atoms with E-state index in [-0.39, 0.29) is 24.1 Å². The molecule has 0 radical (unpaired) electrons. The van der Waals surface area contributed by atoms with Crippen molar-refractivity contribution < 1.29 is 14.4 Å². The van der Waals surface area contributed by atoms with Gasteiger partial charge in [-0.1, -0.05) is 12.1 Å². The molecule has 27 heavy (non-hydrogen) atoms. The third-order valence-corrected chi connectivity index (χ3v) is 5.19. The first-order valence-corrected chi connectivity index (χ1v) is 9.64. The van der Waals surface area contributed by atoms with E-state index in [1.54, 1.807) is 31.1 Å². The molecule has 0 spiro atoms. The summed E-state index contributed by atoms with van der Waals surface area (Å²) in [6, 6.07) is 7.17. The molecule has 1 saturated heterocycles. The van der Waals surface area contributed by atoms with E-state index >= 15 is 0 Å². The molecule has 8 heteroatoms. The largest absolute Gasteiger partial charge is 0.352 e. The lowest BCUT2D eigenvalue weighted by atomic mass is 10.1. The Bertz CT molecular complexity index is 845. The van der Waals surface area contributed by atoms with Crippen LogP contribution in [-0.2, 0) is 22.6 Å². The summed E-state index contributed by atoms with van der Waals surface area (Å²) < 4.78 is 0. The number of hydrogen-bond donors (Lipinski definition) is 1. The van der Waals surface area contributed by atoms with Crippen LogP contribution in [0.25, 0.3) is 0 Å². The summed E-state index contributed by atoms with van der Waals surface area (Å²) in [6.45, 7) is 1.08. The van der Waals surface area contributed by atoms with Gasteiger partial charge in [-0.2, -0.15) is 0 Å². The van der Waals surface area contributed by atoms with Crippen LogP contribution in [0.4, 0.5) is 5.13 Å². The van der Waals surface area contributed by atoms with E-state index in [1.165, 1.54) is 16.2 Å². The predicted octanol–water partition coefficient (Wildman–Crippen LogP) is 1.83. The molecule has 142 valence electrons. The first-order chi connectivity index (χ1) is 12.9. The number of rotatable bonds is 6. The molecule has 1 aliphatic rings. The van der Waals surface area contributed by atoms with Crippen molar-refractivity contribution in [1.29, 1.82) is 0 Å². The Morgan fingerprint density at radius 1 is 1.26 bits per heavy atom. The van der Waals surface area contributed by atoms with E-state index in [2.05, 4.69) is 10.3 Å². The van der Waals surface area contributed by atoms with Crippen LogP contribution in [0.5, 0.6) is 0 Å². The first kappa shape index (κ1) is 19.0. The van der Waals surface area contributed by atoms with Crippen molar-refractivity contribution in [1.82, 2.24) is 15.2 Å². The average Bonchev–Trinajstić information content (AvgIpc) is 3.28. The van der Waals surface area contributed by atoms with Crippen molar-refractivity contribution in [2.45, 2.75) is 25.8 Å². The summed E-state index contributed by atoms with van der Waals surface area (Å²) >= 11 is 1.39. The standard InChI is InChI=1S/C19H22N4O3S/c1-22(2)18(26)14-7-5-13(6-8-14)11-20-16(24)10-15-12-27-19(21-15)23-9-3-4-17(23)25/h5-8,12H,3-4,9-11H2,1-2H3,(H,20,24). The number of nitrogens with zero attached hydrogens (tertiary/aromatic N) is 3. The topological polar surface area (TPSA) is 82.6 Å². The molecule has 2 heterocycles. The molecule has 0 aliphatic carbocycles. The van der Waals surface area contributed by atoms with Gasteiger partial charge in [0.2, 0.25) is 11.8 Å².